The summed E-state index contributed by atoms with van der Waals surface area (Å²) >= 11 is 0. The van der Waals surface area contributed by atoms with Crippen LogP contribution in [0, 0.1) is 0 Å². The number of nitrogen functional groups attached to an aromatic ring is 1. The number of hydrogen-bond donors (Lipinski definition) is 2. The summed E-state index contributed by atoms with van der Waals surface area (Å²) < 4.78 is 1.79. The van der Waals surface area contributed by atoms with Crippen molar-refractivity contribution in [3.63, 3.8) is 0 Å². The molecule has 7 heteroatoms. The number of likely N-dealkylation sites (N-methyl/N-ethyl adjacent to an activating group) is 1. The SMILES string of the molecule is CN1CCN(Cc2nc(C(=O)O)c3ccc(N)cn23)CC1. The zero-order valence-corrected chi connectivity index (χ0v) is 12.0. The summed E-state index contributed by atoms with van der Waals surface area (Å²) in [5.41, 5.74) is 7.07. The van der Waals surface area contributed by atoms with Gasteiger partial charge < -0.3 is 15.7 Å². The quantitative estimate of drug-likeness (QED) is 0.848. The zero-order valence-electron chi connectivity index (χ0n) is 12.0. The first kappa shape index (κ1) is 13.8. The molecule has 0 unspecified atom stereocenters. The van der Waals surface area contributed by atoms with Gasteiger partial charge in [-0.05, 0) is 19.2 Å². The number of anilines is 1. The Morgan fingerprint density at radius 1 is 1.33 bits per heavy atom. The van der Waals surface area contributed by atoms with E-state index in [0.717, 1.165) is 32.0 Å². The van der Waals surface area contributed by atoms with Crippen molar-refractivity contribution >= 4 is 17.2 Å². The van der Waals surface area contributed by atoms with Gasteiger partial charge in [-0.2, -0.15) is 0 Å². The third-order valence-corrected chi connectivity index (χ3v) is 3.90. The fraction of sp³-hybridized carbons (Fsp3) is 0.429. The van der Waals surface area contributed by atoms with E-state index >= 15 is 0 Å². The monoisotopic (exact) mass is 289 g/mol. The van der Waals surface area contributed by atoms with Gasteiger partial charge >= 0.3 is 5.97 Å². The van der Waals surface area contributed by atoms with Crippen LogP contribution in [0.2, 0.25) is 0 Å². The lowest BCUT2D eigenvalue weighted by Crippen LogP contribution is -2.44. The maximum atomic E-state index is 11.3. The number of fused-ring (bicyclic) bond motifs is 1. The topological polar surface area (TPSA) is 87.1 Å². The molecule has 21 heavy (non-hydrogen) atoms. The van der Waals surface area contributed by atoms with Gasteiger partial charge in [-0.1, -0.05) is 0 Å². The summed E-state index contributed by atoms with van der Waals surface area (Å²) in [6, 6.07) is 3.41. The number of carboxylic acid groups (broad SMARTS) is 1. The highest BCUT2D eigenvalue weighted by atomic mass is 16.4. The van der Waals surface area contributed by atoms with Gasteiger partial charge in [0.15, 0.2) is 5.69 Å². The van der Waals surface area contributed by atoms with Crippen molar-refractivity contribution in [3.05, 3.63) is 29.8 Å². The summed E-state index contributed by atoms with van der Waals surface area (Å²) in [7, 11) is 2.10. The molecule has 0 aliphatic carbocycles. The summed E-state index contributed by atoms with van der Waals surface area (Å²) in [5, 5.41) is 9.28. The van der Waals surface area contributed by atoms with Crippen LogP contribution in [0.4, 0.5) is 5.69 Å². The second-order valence-electron chi connectivity index (χ2n) is 5.48. The summed E-state index contributed by atoms with van der Waals surface area (Å²) in [6.07, 6.45) is 1.74. The first-order valence-electron chi connectivity index (χ1n) is 6.95. The highest BCUT2D eigenvalue weighted by molar-refractivity contribution is 5.93. The fourth-order valence-electron chi connectivity index (χ4n) is 2.64. The molecule has 0 saturated carbocycles. The second-order valence-corrected chi connectivity index (χ2v) is 5.48. The molecule has 112 valence electrons. The van der Waals surface area contributed by atoms with Crippen molar-refractivity contribution in [1.82, 2.24) is 19.2 Å². The van der Waals surface area contributed by atoms with Gasteiger partial charge in [0.25, 0.3) is 0 Å². The smallest absolute Gasteiger partial charge is 0.356 e. The van der Waals surface area contributed by atoms with E-state index in [9.17, 15) is 9.90 Å². The van der Waals surface area contributed by atoms with Crippen LogP contribution < -0.4 is 5.73 Å². The number of carbonyl (C=O) groups is 1. The fourth-order valence-corrected chi connectivity index (χ4v) is 2.64. The van der Waals surface area contributed by atoms with Crippen LogP contribution in [0.5, 0.6) is 0 Å². The molecule has 1 aliphatic heterocycles. The molecular weight excluding hydrogens is 270 g/mol. The maximum absolute atomic E-state index is 11.3. The molecule has 0 aromatic carbocycles. The number of aromatic carboxylic acids is 1. The van der Waals surface area contributed by atoms with Gasteiger partial charge in [0.05, 0.1) is 12.1 Å². The Morgan fingerprint density at radius 2 is 2.05 bits per heavy atom. The van der Waals surface area contributed by atoms with Crippen molar-refractivity contribution in [1.29, 1.82) is 0 Å². The van der Waals surface area contributed by atoms with E-state index in [0.29, 0.717) is 17.7 Å². The first-order chi connectivity index (χ1) is 10.0. The van der Waals surface area contributed by atoms with E-state index in [4.69, 9.17) is 5.73 Å². The van der Waals surface area contributed by atoms with Gasteiger partial charge in [0.2, 0.25) is 0 Å². The van der Waals surface area contributed by atoms with Crippen LogP contribution in [-0.2, 0) is 6.54 Å². The lowest BCUT2D eigenvalue weighted by atomic mass is 10.3. The molecular formula is C14H19N5O2. The van der Waals surface area contributed by atoms with Crippen molar-refractivity contribution < 1.29 is 9.90 Å². The number of piperazine rings is 1. The number of carboxylic acids is 1. The van der Waals surface area contributed by atoms with Crippen LogP contribution in [0.25, 0.3) is 5.52 Å². The van der Waals surface area contributed by atoms with E-state index in [2.05, 4.69) is 21.8 Å². The lowest BCUT2D eigenvalue weighted by Gasteiger charge is -2.31. The Balaban J connectivity index is 1.94. The van der Waals surface area contributed by atoms with Crippen LogP contribution in [0.15, 0.2) is 18.3 Å². The third-order valence-electron chi connectivity index (χ3n) is 3.90. The number of nitrogens with zero attached hydrogens (tertiary/aromatic N) is 4. The van der Waals surface area contributed by atoms with E-state index in [1.807, 2.05) is 0 Å². The highest BCUT2D eigenvalue weighted by Crippen LogP contribution is 2.17. The Kier molecular flexibility index (Phi) is 3.52. The second kappa shape index (κ2) is 5.34. The Labute approximate surface area is 122 Å². The molecule has 2 aromatic heterocycles. The van der Waals surface area contributed by atoms with Gasteiger partial charge in [-0.15, -0.1) is 0 Å². The number of imidazole rings is 1. The standard InChI is InChI=1S/C14H19N5O2/c1-17-4-6-18(7-5-17)9-12-16-13(14(20)21)11-3-2-10(15)8-19(11)12/h2-3,8H,4-7,9,15H2,1H3,(H,20,21). The van der Waals surface area contributed by atoms with E-state index in [-0.39, 0.29) is 5.69 Å². The average molecular weight is 289 g/mol. The van der Waals surface area contributed by atoms with Crippen LogP contribution in [0.3, 0.4) is 0 Å². The Hall–Kier alpha value is -2.12. The minimum absolute atomic E-state index is 0.0825. The normalized spacial score (nSPS) is 17.4. The minimum Gasteiger partial charge on any atom is -0.476 e. The van der Waals surface area contributed by atoms with E-state index < -0.39 is 5.97 Å². The van der Waals surface area contributed by atoms with Crippen molar-refractivity contribution in [2.75, 3.05) is 39.0 Å². The molecule has 0 atom stereocenters. The number of aromatic nitrogens is 2. The van der Waals surface area contributed by atoms with Gasteiger partial charge in [-0.25, -0.2) is 9.78 Å². The zero-order chi connectivity index (χ0) is 15.0. The molecule has 7 nitrogen and oxygen atoms in total. The molecule has 0 bridgehead atoms. The molecule has 1 aliphatic rings. The van der Waals surface area contributed by atoms with Gasteiger partial charge in [0.1, 0.15) is 5.82 Å². The molecule has 2 aromatic rings. The van der Waals surface area contributed by atoms with Gasteiger partial charge in [0, 0.05) is 38.1 Å². The van der Waals surface area contributed by atoms with Crippen LogP contribution in [0.1, 0.15) is 16.3 Å². The molecule has 1 saturated heterocycles. The van der Waals surface area contributed by atoms with Crippen LogP contribution in [-0.4, -0.2) is 63.5 Å². The molecule has 0 amide bonds. The minimum atomic E-state index is -1.01. The lowest BCUT2D eigenvalue weighted by molar-refractivity contribution is 0.0693. The highest BCUT2D eigenvalue weighted by Gasteiger charge is 2.20. The third kappa shape index (κ3) is 2.70. The average Bonchev–Trinajstić information content (AvgIpc) is 2.80. The summed E-state index contributed by atoms with van der Waals surface area (Å²) in [6.45, 7) is 4.56. The Bertz CT molecular complexity index is 673. The Morgan fingerprint density at radius 3 is 2.71 bits per heavy atom. The summed E-state index contributed by atoms with van der Waals surface area (Å²) in [4.78, 5) is 20.2. The molecule has 0 spiro atoms. The summed E-state index contributed by atoms with van der Waals surface area (Å²) in [5.74, 6) is -0.291. The van der Waals surface area contributed by atoms with Crippen molar-refractivity contribution in [2.45, 2.75) is 6.54 Å². The number of hydrogen-bond acceptors (Lipinski definition) is 5. The molecule has 3 rings (SSSR count). The number of nitrogens with two attached hydrogens (primary N) is 1. The first-order valence-corrected chi connectivity index (χ1v) is 6.95. The number of rotatable bonds is 3. The van der Waals surface area contributed by atoms with Crippen LogP contribution >= 0.6 is 0 Å². The van der Waals surface area contributed by atoms with E-state index in [1.54, 1.807) is 22.7 Å². The van der Waals surface area contributed by atoms with Crippen molar-refractivity contribution in [3.8, 4) is 0 Å². The van der Waals surface area contributed by atoms with Crippen molar-refractivity contribution in [2.24, 2.45) is 0 Å². The number of pyridine rings is 1. The molecule has 3 N–H and O–H groups in total. The molecule has 3 heterocycles. The maximum Gasteiger partial charge on any atom is 0.356 e. The molecule has 1 fully saturated rings. The van der Waals surface area contributed by atoms with Gasteiger partial charge in [-0.3, -0.25) is 9.30 Å². The molecule has 0 radical (unpaired) electrons. The largest absolute Gasteiger partial charge is 0.476 e. The van der Waals surface area contributed by atoms with E-state index in [1.165, 1.54) is 0 Å². The predicted molar refractivity (Wildman–Crippen MR) is 79.3 cm³/mol. The predicted octanol–water partition coefficient (Wildman–Crippen LogP) is 0.362.